The minimum Gasteiger partial charge on any atom is -0.480 e. The highest BCUT2D eigenvalue weighted by Gasteiger charge is 2.08. The van der Waals surface area contributed by atoms with Gasteiger partial charge >= 0.3 is 5.97 Å². The Morgan fingerprint density at radius 2 is 2.27 bits per heavy atom. The van der Waals surface area contributed by atoms with Gasteiger partial charge in [-0.05, 0) is 25.6 Å². The predicted octanol–water partition coefficient (Wildman–Crippen LogP) is 1.30. The van der Waals surface area contributed by atoms with Crippen LogP contribution in [0.3, 0.4) is 0 Å². The fraction of sp³-hybridized carbons (Fsp3) is 0.455. The van der Waals surface area contributed by atoms with E-state index in [2.05, 4.69) is 4.98 Å². The van der Waals surface area contributed by atoms with Crippen molar-refractivity contribution < 1.29 is 9.90 Å². The van der Waals surface area contributed by atoms with Gasteiger partial charge in [0, 0.05) is 12.2 Å². The van der Waals surface area contributed by atoms with E-state index in [0.29, 0.717) is 13.1 Å². The number of rotatable bonds is 5. The second-order valence-electron chi connectivity index (χ2n) is 3.47. The SMILES string of the molecule is CCN(CC(=O)O)Cc1cccc(C)n1. The van der Waals surface area contributed by atoms with Crippen LogP contribution in [0.4, 0.5) is 0 Å². The molecule has 0 saturated carbocycles. The van der Waals surface area contributed by atoms with Crippen molar-refractivity contribution >= 4 is 5.97 Å². The predicted molar refractivity (Wildman–Crippen MR) is 57.6 cm³/mol. The Kier molecular flexibility index (Phi) is 4.24. The Morgan fingerprint density at radius 3 is 2.80 bits per heavy atom. The maximum absolute atomic E-state index is 10.6. The number of carboxylic acid groups (broad SMARTS) is 1. The molecule has 4 heteroatoms. The lowest BCUT2D eigenvalue weighted by molar-refractivity contribution is -0.138. The Bertz CT molecular complexity index is 339. The molecule has 0 amide bonds. The van der Waals surface area contributed by atoms with Crippen molar-refractivity contribution in [2.75, 3.05) is 13.1 Å². The number of carboxylic acids is 1. The van der Waals surface area contributed by atoms with Crippen LogP contribution < -0.4 is 0 Å². The van der Waals surface area contributed by atoms with Gasteiger partial charge in [-0.1, -0.05) is 13.0 Å². The molecule has 1 aromatic rings. The number of likely N-dealkylation sites (N-methyl/N-ethyl adjacent to an activating group) is 1. The first-order valence-corrected chi connectivity index (χ1v) is 4.98. The van der Waals surface area contributed by atoms with Crippen LogP contribution in [0.15, 0.2) is 18.2 Å². The average Bonchev–Trinajstić information content (AvgIpc) is 2.16. The third-order valence-corrected chi connectivity index (χ3v) is 2.14. The first-order chi connectivity index (χ1) is 7.11. The number of pyridine rings is 1. The van der Waals surface area contributed by atoms with Crippen molar-refractivity contribution in [3.05, 3.63) is 29.6 Å². The van der Waals surface area contributed by atoms with Gasteiger partial charge in [0.25, 0.3) is 0 Å². The number of hydrogen-bond donors (Lipinski definition) is 1. The summed E-state index contributed by atoms with van der Waals surface area (Å²) in [4.78, 5) is 16.7. The molecule has 15 heavy (non-hydrogen) atoms. The van der Waals surface area contributed by atoms with Gasteiger partial charge in [0.05, 0.1) is 12.2 Å². The third-order valence-electron chi connectivity index (χ3n) is 2.14. The number of carbonyl (C=O) groups is 1. The van der Waals surface area contributed by atoms with Gasteiger partial charge < -0.3 is 5.11 Å². The summed E-state index contributed by atoms with van der Waals surface area (Å²) in [6, 6.07) is 5.78. The second kappa shape index (κ2) is 5.46. The van der Waals surface area contributed by atoms with E-state index in [1.165, 1.54) is 0 Å². The van der Waals surface area contributed by atoms with Crippen LogP contribution in [0, 0.1) is 6.92 Å². The molecule has 1 aromatic heterocycles. The van der Waals surface area contributed by atoms with Crippen molar-refractivity contribution in [3.63, 3.8) is 0 Å². The minimum absolute atomic E-state index is 0.0616. The molecule has 1 heterocycles. The van der Waals surface area contributed by atoms with Gasteiger partial charge in [0.15, 0.2) is 0 Å². The van der Waals surface area contributed by atoms with E-state index in [4.69, 9.17) is 5.11 Å². The average molecular weight is 208 g/mol. The molecule has 0 aliphatic carbocycles. The highest BCUT2D eigenvalue weighted by atomic mass is 16.4. The molecule has 4 nitrogen and oxygen atoms in total. The van der Waals surface area contributed by atoms with E-state index in [1.807, 2.05) is 36.9 Å². The molecule has 0 fully saturated rings. The number of hydrogen-bond acceptors (Lipinski definition) is 3. The standard InChI is InChI=1S/C11H16N2O2/c1-3-13(8-11(14)15)7-10-6-4-5-9(2)12-10/h4-6H,3,7-8H2,1-2H3,(H,14,15). The summed E-state index contributed by atoms with van der Waals surface area (Å²) in [6.45, 7) is 5.23. The Balaban J connectivity index is 2.62. The molecule has 0 saturated heterocycles. The lowest BCUT2D eigenvalue weighted by Gasteiger charge is -2.17. The summed E-state index contributed by atoms with van der Waals surface area (Å²) in [7, 11) is 0. The van der Waals surface area contributed by atoms with Gasteiger partial charge in [-0.2, -0.15) is 0 Å². The van der Waals surface area contributed by atoms with Crippen LogP contribution in [0.25, 0.3) is 0 Å². The molecule has 0 aliphatic rings. The summed E-state index contributed by atoms with van der Waals surface area (Å²) in [6.07, 6.45) is 0. The molecule has 1 rings (SSSR count). The van der Waals surface area contributed by atoms with E-state index in [9.17, 15) is 4.79 Å². The van der Waals surface area contributed by atoms with E-state index < -0.39 is 5.97 Å². The van der Waals surface area contributed by atoms with Crippen molar-refractivity contribution in [2.24, 2.45) is 0 Å². The Morgan fingerprint density at radius 1 is 1.53 bits per heavy atom. The van der Waals surface area contributed by atoms with E-state index in [-0.39, 0.29) is 6.54 Å². The molecule has 0 atom stereocenters. The summed E-state index contributed by atoms with van der Waals surface area (Å²) >= 11 is 0. The minimum atomic E-state index is -0.801. The van der Waals surface area contributed by atoms with Crippen molar-refractivity contribution in [3.8, 4) is 0 Å². The Labute approximate surface area is 89.6 Å². The second-order valence-corrected chi connectivity index (χ2v) is 3.47. The molecular formula is C11H16N2O2. The number of aromatic nitrogens is 1. The van der Waals surface area contributed by atoms with Crippen molar-refractivity contribution in [1.82, 2.24) is 9.88 Å². The lowest BCUT2D eigenvalue weighted by atomic mass is 10.3. The molecule has 0 unspecified atom stereocenters. The van der Waals surface area contributed by atoms with E-state index in [1.54, 1.807) is 0 Å². The van der Waals surface area contributed by atoms with E-state index in [0.717, 1.165) is 11.4 Å². The van der Waals surface area contributed by atoms with Gasteiger partial charge in [-0.25, -0.2) is 0 Å². The summed E-state index contributed by atoms with van der Waals surface area (Å²) in [5.41, 5.74) is 1.87. The van der Waals surface area contributed by atoms with Crippen molar-refractivity contribution in [2.45, 2.75) is 20.4 Å². The third kappa shape index (κ3) is 4.08. The summed E-state index contributed by atoms with van der Waals surface area (Å²) in [5, 5.41) is 8.69. The lowest BCUT2D eigenvalue weighted by Crippen LogP contribution is -2.29. The maximum atomic E-state index is 10.6. The largest absolute Gasteiger partial charge is 0.480 e. The topological polar surface area (TPSA) is 53.4 Å². The van der Waals surface area contributed by atoms with Crippen LogP contribution >= 0.6 is 0 Å². The zero-order chi connectivity index (χ0) is 11.3. The quantitative estimate of drug-likeness (QED) is 0.792. The van der Waals surface area contributed by atoms with Crippen LogP contribution in [0.1, 0.15) is 18.3 Å². The van der Waals surface area contributed by atoms with Gasteiger partial charge in [0.1, 0.15) is 0 Å². The van der Waals surface area contributed by atoms with Gasteiger partial charge in [0.2, 0.25) is 0 Å². The first-order valence-electron chi connectivity index (χ1n) is 4.98. The fourth-order valence-electron chi connectivity index (χ4n) is 1.39. The van der Waals surface area contributed by atoms with Crippen molar-refractivity contribution in [1.29, 1.82) is 0 Å². The molecule has 0 radical (unpaired) electrons. The highest BCUT2D eigenvalue weighted by Crippen LogP contribution is 2.02. The molecule has 0 spiro atoms. The molecule has 82 valence electrons. The van der Waals surface area contributed by atoms with Crippen LogP contribution in [0.2, 0.25) is 0 Å². The maximum Gasteiger partial charge on any atom is 0.317 e. The van der Waals surface area contributed by atoms with Crippen LogP contribution in [-0.2, 0) is 11.3 Å². The molecule has 0 aliphatic heterocycles. The monoisotopic (exact) mass is 208 g/mol. The Hall–Kier alpha value is -1.42. The number of aryl methyl sites for hydroxylation is 1. The molecular weight excluding hydrogens is 192 g/mol. The smallest absolute Gasteiger partial charge is 0.317 e. The van der Waals surface area contributed by atoms with Gasteiger partial charge in [-0.15, -0.1) is 0 Å². The number of aliphatic carboxylic acids is 1. The van der Waals surface area contributed by atoms with Crippen LogP contribution in [-0.4, -0.2) is 34.0 Å². The summed E-state index contributed by atoms with van der Waals surface area (Å²) in [5.74, 6) is -0.801. The molecule has 0 bridgehead atoms. The fourth-order valence-corrected chi connectivity index (χ4v) is 1.39. The normalized spacial score (nSPS) is 10.6. The molecule has 0 aromatic carbocycles. The zero-order valence-electron chi connectivity index (χ0n) is 9.10. The first kappa shape index (κ1) is 11.7. The molecule has 1 N–H and O–H groups in total. The zero-order valence-corrected chi connectivity index (χ0v) is 9.10. The van der Waals surface area contributed by atoms with Crippen LogP contribution in [0.5, 0.6) is 0 Å². The van der Waals surface area contributed by atoms with E-state index >= 15 is 0 Å². The highest BCUT2D eigenvalue weighted by molar-refractivity contribution is 5.69. The number of nitrogens with zero attached hydrogens (tertiary/aromatic N) is 2. The van der Waals surface area contributed by atoms with Gasteiger partial charge in [-0.3, -0.25) is 14.7 Å². The summed E-state index contributed by atoms with van der Waals surface area (Å²) < 4.78 is 0.